The van der Waals surface area contributed by atoms with Crippen molar-refractivity contribution < 1.29 is 23.0 Å². The Labute approximate surface area is 134 Å². The minimum atomic E-state index is -4.35. The molecule has 0 saturated carbocycles. The summed E-state index contributed by atoms with van der Waals surface area (Å²) in [5.41, 5.74) is -0.209. The molecule has 4 nitrogen and oxygen atoms in total. The summed E-state index contributed by atoms with van der Waals surface area (Å²) in [5.74, 6) is 0. The van der Waals surface area contributed by atoms with Gasteiger partial charge in [0.25, 0.3) is 0 Å². The van der Waals surface area contributed by atoms with Crippen molar-refractivity contribution in [3.8, 4) is 0 Å². The molecule has 2 atom stereocenters. The molecule has 0 amide bonds. The van der Waals surface area contributed by atoms with Crippen LogP contribution in [0.15, 0.2) is 24.3 Å². The van der Waals surface area contributed by atoms with Crippen LogP contribution in [0.25, 0.3) is 0 Å². The lowest BCUT2D eigenvalue weighted by Crippen LogP contribution is -2.47. The quantitative estimate of drug-likeness (QED) is 0.895. The van der Waals surface area contributed by atoms with Gasteiger partial charge in [0, 0.05) is 26.2 Å². The van der Waals surface area contributed by atoms with Crippen molar-refractivity contribution in [3.63, 3.8) is 0 Å². The summed E-state index contributed by atoms with van der Waals surface area (Å²) in [7, 11) is 3.94. The summed E-state index contributed by atoms with van der Waals surface area (Å²) < 4.78 is 43.3. The molecule has 1 N–H and O–H groups in total. The van der Waals surface area contributed by atoms with Gasteiger partial charge in [-0.3, -0.25) is 4.90 Å². The third-order valence-corrected chi connectivity index (χ3v) is 3.85. The highest BCUT2D eigenvalue weighted by Gasteiger charge is 2.30. The van der Waals surface area contributed by atoms with E-state index in [0.717, 1.165) is 18.7 Å². The Morgan fingerprint density at radius 2 is 1.96 bits per heavy atom. The van der Waals surface area contributed by atoms with E-state index in [1.165, 1.54) is 12.1 Å². The third kappa shape index (κ3) is 5.46. The van der Waals surface area contributed by atoms with E-state index in [1.807, 2.05) is 19.0 Å². The van der Waals surface area contributed by atoms with Crippen molar-refractivity contribution in [3.05, 3.63) is 35.4 Å². The number of morpholine rings is 1. The van der Waals surface area contributed by atoms with Gasteiger partial charge in [0.2, 0.25) is 0 Å². The average Bonchev–Trinajstić information content (AvgIpc) is 2.46. The number of hydrogen-bond acceptors (Lipinski definition) is 4. The summed E-state index contributed by atoms with van der Waals surface area (Å²) in [6.07, 6.45) is -5.08. The monoisotopic (exact) mass is 332 g/mol. The summed E-state index contributed by atoms with van der Waals surface area (Å²) in [6, 6.07) is 4.69. The highest BCUT2D eigenvalue weighted by molar-refractivity contribution is 5.26. The zero-order valence-corrected chi connectivity index (χ0v) is 13.4. The maximum Gasteiger partial charge on any atom is 0.416 e. The summed E-state index contributed by atoms with van der Waals surface area (Å²) in [5, 5.41) is 10.3. The van der Waals surface area contributed by atoms with Crippen LogP contribution in [0.4, 0.5) is 13.2 Å². The van der Waals surface area contributed by atoms with Crippen molar-refractivity contribution in [2.24, 2.45) is 0 Å². The Kier molecular flexibility index (Phi) is 6.02. The summed E-state index contributed by atoms with van der Waals surface area (Å²) >= 11 is 0. The average molecular weight is 332 g/mol. The summed E-state index contributed by atoms with van der Waals surface area (Å²) in [6.45, 7) is 3.20. The topological polar surface area (TPSA) is 35.9 Å². The van der Waals surface area contributed by atoms with Gasteiger partial charge in [-0.05, 0) is 31.8 Å². The molecule has 1 saturated heterocycles. The smallest absolute Gasteiger partial charge is 0.387 e. The Bertz CT molecular complexity index is 491. The van der Waals surface area contributed by atoms with Gasteiger partial charge in [-0.2, -0.15) is 13.2 Å². The van der Waals surface area contributed by atoms with Crippen molar-refractivity contribution >= 4 is 0 Å². The van der Waals surface area contributed by atoms with Crippen molar-refractivity contribution in [1.29, 1.82) is 0 Å². The second-order valence-corrected chi connectivity index (χ2v) is 6.15. The van der Waals surface area contributed by atoms with Gasteiger partial charge in [0.05, 0.1) is 24.4 Å². The van der Waals surface area contributed by atoms with Crippen LogP contribution in [-0.4, -0.2) is 67.9 Å². The van der Waals surface area contributed by atoms with Crippen molar-refractivity contribution in [2.45, 2.75) is 18.4 Å². The first-order valence-corrected chi connectivity index (χ1v) is 7.59. The van der Waals surface area contributed by atoms with Crippen LogP contribution in [0, 0.1) is 0 Å². The number of benzene rings is 1. The number of nitrogens with zero attached hydrogens (tertiary/aromatic N) is 2. The molecule has 2 unspecified atom stereocenters. The first-order valence-electron chi connectivity index (χ1n) is 7.59. The van der Waals surface area contributed by atoms with E-state index >= 15 is 0 Å². The van der Waals surface area contributed by atoms with Crippen LogP contribution >= 0.6 is 0 Å². The number of β-amino-alcohol motifs (C(OH)–C–C–N with tert-alkyl or cyclic N) is 1. The molecule has 1 aromatic rings. The number of ether oxygens (including phenoxy) is 1. The number of aliphatic hydroxyl groups excluding tert-OH is 1. The fraction of sp³-hybridized carbons (Fsp3) is 0.625. The van der Waals surface area contributed by atoms with Gasteiger partial charge in [0.15, 0.2) is 0 Å². The van der Waals surface area contributed by atoms with Crippen LogP contribution in [-0.2, 0) is 10.9 Å². The van der Waals surface area contributed by atoms with Gasteiger partial charge < -0.3 is 14.7 Å². The molecular formula is C16H23F3N2O2. The third-order valence-electron chi connectivity index (χ3n) is 3.85. The minimum Gasteiger partial charge on any atom is -0.387 e. The SMILES string of the molecule is CN(C)CC1CN(CC(O)c2ccc(C(F)(F)F)cc2)CCO1. The Balaban J connectivity index is 1.92. The lowest BCUT2D eigenvalue weighted by Gasteiger charge is -2.35. The molecule has 1 aliphatic heterocycles. The largest absolute Gasteiger partial charge is 0.416 e. The number of hydrogen-bond donors (Lipinski definition) is 1. The van der Waals surface area contributed by atoms with Crippen molar-refractivity contribution in [2.75, 3.05) is 46.9 Å². The molecule has 23 heavy (non-hydrogen) atoms. The predicted molar refractivity (Wildman–Crippen MR) is 81.1 cm³/mol. The van der Waals surface area contributed by atoms with Crippen LogP contribution in [0.3, 0.4) is 0 Å². The number of rotatable bonds is 5. The molecule has 0 aliphatic carbocycles. The van der Waals surface area contributed by atoms with Gasteiger partial charge in [0.1, 0.15) is 0 Å². The van der Waals surface area contributed by atoms with E-state index in [9.17, 15) is 18.3 Å². The Hall–Kier alpha value is -1.15. The maximum absolute atomic E-state index is 12.6. The van der Waals surface area contributed by atoms with Crippen molar-refractivity contribution in [1.82, 2.24) is 9.80 Å². The zero-order valence-electron chi connectivity index (χ0n) is 13.4. The van der Waals surface area contributed by atoms with Crippen LogP contribution in [0.1, 0.15) is 17.2 Å². The number of aliphatic hydroxyl groups is 1. The normalized spacial score (nSPS) is 21.6. The maximum atomic E-state index is 12.6. The fourth-order valence-electron chi connectivity index (χ4n) is 2.71. The molecule has 1 aromatic carbocycles. The molecule has 2 rings (SSSR count). The molecule has 0 radical (unpaired) electrons. The van der Waals surface area contributed by atoms with Gasteiger partial charge >= 0.3 is 6.18 Å². The first kappa shape index (κ1) is 18.2. The molecular weight excluding hydrogens is 309 g/mol. The molecule has 0 aromatic heterocycles. The highest BCUT2D eigenvalue weighted by Crippen LogP contribution is 2.30. The molecule has 1 heterocycles. The first-order chi connectivity index (χ1) is 10.8. The molecule has 1 aliphatic rings. The van der Waals surface area contributed by atoms with Crippen LogP contribution < -0.4 is 0 Å². The zero-order chi connectivity index (χ0) is 17.0. The summed E-state index contributed by atoms with van der Waals surface area (Å²) in [4.78, 5) is 4.13. The number of likely N-dealkylation sites (N-methyl/N-ethyl adjacent to an activating group) is 1. The lowest BCUT2D eigenvalue weighted by molar-refractivity contribution is -0.137. The lowest BCUT2D eigenvalue weighted by atomic mass is 10.1. The van der Waals surface area contributed by atoms with Gasteiger partial charge in [-0.15, -0.1) is 0 Å². The Morgan fingerprint density at radius 1 is 1.30 bits per heavy atom. The fourth-order valence-corrected chi connectivity index (χ4v) is 2.71. The molecule has 130 valence electrons. The standard InChI is InChI=1S/C16H23F3N2O2/c1-20(2)9-14-10-21(7-8-23-14)11-15(22)12-3-5-13(6-4-12)16(17,18)19/h3-6,14-15,22H,7-11H2,1-2H3. The van der Waals surface area contributed by atoms with E-state index < -0.39 is 17.8 Å². The molecule has 1 fully saturated rings. The molecule has 0 spiro atoms. The van der Waals surface area contributed by atoms with E-state index in [0.29, 0.717) is 31.8 Å². The van der Waals surface area contributed by atoms with E-state index in [1.54, 1.807) is 0 Å². The molecule has 0 bridgehead atoms. The van der Waals surface area contributed by atoms with Gasteiger partial charge in [-0.25, -0.2) is 0 Å². The van der Waals surface area contributed by atoms with Crippen LogP contribution in [0.5, 0.6) is 0 Å². The molecule has 7 heteroatoms. The van der Waals surface area contributed by atoms with E-state index in [2.05, 4.69) is 4.90 Å². The highest BCUT2D eigenvalue weighted by atomic mass is 19.4. The van der Waals surface area contributed by atoms with E-state index in [4.69, 9.17) is 4.74 Å². The number of halogens is 3. The Morgan fingerprint density at radius 3 is 2.52 bits per heavy atom. The van der Waals surface area contributed by atoms with Gasteiger partial charge in [-0.1, -0.05) is 12.1 Å². The second kappa shape index (κ2) is 7.61. The number of alkyl halides is 3. The second-order valence-electron chi connectivity index (χ2n) is 6.15. The predicted octanol–water partition coefficient (Wildman–Crippen LogP) is 2.00. The van der Waals surface area contributed by atoms with E-state index in [-0.39, 0.29) is 6.10 Å². The minimum absolute atomic E-state index is 0.0820. The van der Waals surface area contributed by atoms with Crippen LogP contribution in [0.2, 0.25) is 0 Å².